The second-order valence-corrected chi connectivity index (χ2v) is 4.86. The maximum atomic E-state index is 12.1. The molecule has 2 rings (SSSR count). The van der Waals surface area contributed by atoms with Gasteiger partial charge in [0.25, 0.3) is 0 Å². The van der Waals surface area contributed by atoms with Crippen molar-refractivity contribution in [1.82, 2.24) is 15.5 Å². The molecule has 2 fully saturated rings. The lowest BCUT2D eigenvalue weighted by atomic mass is 10.2. The van der Waals surface area contributed by atoms with Crippen molar-refractivity contribution in [2.75, 3.05) is 39.9 Å². The molecule has 7 heteroatoms. The molecule has 0 aliphatic carbocycles. The van der Waals surface area contributed by atoms with Gasteiger partial charge in [-0.1, -0.05) is 0 Å². The molecule has 0 aromatic carbocycles. The molecule has 2 saturated heterocycles. The quantitative estimate of drug-likeness (QED) is 0.711. The molecule has 2 aliphatic heterocycles. The molecule has 19 heavy (non-hydrogen) atoms. The van der Waals surface area contributed by atoms with Gasteiger partial charge >= 0.3 is 6.09 Å². The van der Waals surface area contributed by atoms with Gasteiger partial charge in [-0.3, -0.25) is 4.79 Å². The molecule has 0 spiro atoms. The predicted octanol–water partition coefficient (Wildman–Crippen LogP) is -0.678. The van der Waals surface area contributed by atoms with Gasteiger partial charge in [0.05, 0.1) is 32.3 Å². The first kappa shape index (κ1) is 14.1. The molecule has 2 atom stereocenters. The van der Waals surface area contributed by atoms with E-state index in [4.69, 9.17) is 4.74 Å². The minimum absolute atomic E-state index is 0.0122. The molecular formula is C12H21N3O4. The van der Waals surface area contributed by atoms with Crippen LogP contribution in [0.5, 0.6) is 0 Å². The van der Waals surface area contributed by atoms with Gasteiger partial charge in [0.15, 0.2) is 0 Å². The highest BCUT2D eigenvalue weighted by Crippen LogP contribution is 2.13. The highest BCUT2D eigenvalue weighted by atomic mass is 16.5. The second-order valence-electron chi connectivity index (χ2n) is 4.86. The second kappa shape index (κ2) is 6.72. The van der Waals surface area contributed by atoms with E-state index in [1.165, 1.54) is 7.11 Å². The molecular weight excluding hydrogens is 250 g/mol. The average Bonchev–Trinajstić information content (AvgIpc) is 2.88. The first-order valence-electron chi connectivity index (χ1n) is 6.63. The highest BCUT2D eigenvalue weighted by Gasteiger charge is 2.29. The van der Waals surface area contributed by atoms with Crippen LogP contribution in [0.25, 0.3) is 0 Å². The van der Waals surface area contributed by atoms with E-state index in [0.29, 0.717) is 26.1 Å². The zero-order chi connectivity index (χ0) is 13.7. The number of hydrogen-bond acceptors (Lipinski definition) is 5. The third-order valence-electron chi connectivity index (χ3n) is 3.46. The van der Waals surface area contributed by atoms with E-state index in [1.807, 2.05) is 0 Å². The van der Waals surface area contributed by atoms with Crippen LogP contribution in [0.1, 0.15) is 12.8 Å². The van der Waals surface area contributed by atoms with Gasteiger partial charge in [-0.15, -0.1) is 0 Å². The van der Waals surface area contributed by atoms with Crippen LogP contribution >= 0.6 is 0 Å². The number of carbonyl (C=O) groups is 2. The number of rotatable bonds is 3. The van der Waals surface area contributed by atoms with Crippen molar-refractivity contribution in [1.29, 1.82) is 0 Å². The predicted molar refractivity (Wildman–Crippen MR) is 67.8 cm³/mol. The first-order valence-corrected chi connectivity index (χ1v) is 6.63. The number of amides is 2. The van der Waals surface area contributed by atoms with Gasteiger partial charge in [0, 0.05) is 26.2 Å². The Morgan fingerprint density at radius 1 is 1.53 bits per heavy atom. The molecule has 2 N–H and O–H groups in total. The number of alkyl carbamates (subject to hydrolysis) is 1. The summed E-state index contributed by atoms with van der Waals surface area (Å²) in [4.78, 5) is 25.0. The van der Waals surface area contributed by atoms with Gasteiger partial charge in [0.2, 0.25) is 5.91 Å². The highest BCUT2D eigenvalue weighted by molar-refractivity contribution is 5.77. The maximum Gasteiger partial charge on any atom is 0.407 e. The van der Waals surface area contributed by atoms with E-state index in [0.717, 1.165) is 19.5 Å². The van der Waals surface area contributed by atoms with E-state index in [1.54, 1.807) is 4.90 Å². The number of carbonyl (C=O) groups excluding carboxylic acids is 2. The summed E-state index contributed by atoms with van der Waals surface area (Å²) in [5.41, 5.74) is 0. The summed E-state index contributed by atoms with van der Waals surface area (Å²) in [5.74, 6) is 0.0860. The third kappa shape index (κ3) is 4.07. The Morgan fingerprint density at radius 3 is 3.05 bits per heavy atom. The molecule has 2 aliphatic rings. The number of methoxy groups -OCH3 is 1. The van der Waals surface area contributed by atoms with Crippen molar-refractivity contribution in [3.05, 3.63) is 0 Å². The average molecular weight is 271 g/mol. The fraction of sp³-hybridized carbons (Fsp3) is 0.833. The third-order valence-corrected chi connectivity index (χ3v) is 3.46. The normalized spacial score (nSPS) is 27.1. The molecule has 2 amide bonds. The summed E-state index contributed by atoms with van der Waals surface area (Å²) < 4.78 is 10.1. The summed E-state index contributed by atoms with van der Waals surface area (Å²) in [6.07, 6.45) is 0.690. The van der Waals surface area contributed by atoms with E-state index in [2.05, 4.69) is 15.4 Å². The Balaban J connectivity index is 1.73. The van der Waals surface area contributed by atoms with Gasteiger partial charge in [-0.05, 0) is 6.42 Å². The minimum Gasteiger partial charge on any atom is -0.453 e. The minimum atomic E-state index is -0.445. The van der Waals surface area contributed by atoms with Crippen LogP contribution in [0.4, 0.5) is 4.79 Å². The number of nitrogens with one attached hydrogen (secondary N) is 2. The Bertz CT molecular complexity index is 331. The van der Waals surface area contributed by atoms with Crippen LogP contribution in [-0.2, 0) is 14.3 Å². The van der Waals surface area contributed by atoms with Crippen LogP contribution in [-0.4, -0.2) is 68.9 Å². The fourth-order valence-corrected chi connectivity index (χ4v) is 2.40. The molecule has 0 radical (unpaired) electrons. The number of hydrogen-bond donors (Lipinski definition) is 2. The lowest BCUT2D eigenvalue weighted by Crippen LogP contribution is -2.43. The standard InChI is InChI=1S/C12H21N3O4/c1-18-12(17)14-9-2-4-15(8-9)11(16)6-10-7-13-3-5-19-10/h9-10,13H,2-8H2,1H3,(H,14,17). The number of likely N-dealkylation sites (tertiary alicyclic amines) is 1. The van der Waals surface area contributed by atoms with Crippen molar-refractivity contribution in [2.45, 2.75) is 25.0 Å². The topological polar surface area (TPSA) is 79.9 Å². The fourth-order valence-electron chi connectivity index (χ4n) is 2.40. The molecule has 0 saturated carbocycles. The van der Waals surface area contributed by atoms with Gasteiger partial charge in [-0.2, -0.15) is 0 Å². The van der Waals surface area contributed by atoms with Crippen molar-refractivity contribution in [3.63, 3.8) is 0 Å². The zero-order valence-corrected chi connectivity index (χ0v) is 11.2. The van der Waals surface area contributed by atoms with Gasteiger partial charge < -0.3 is 25.0 Å². The SMILES string of the molecule is COC(=O)NC1CCN(C(=O)CC2CNCCO2)C1. The Kier molecular flexibility index (Phi) is 4.98. The molecule has 2 heterocycles. The number of nitrogens with zero attached hydrogens (tertiary/aromatic N) is 1. The number of ether oxygens (including phenoxy) is 2. The molecule has 7 nitrogen and oxygen atoms in total. The Morgan fingerprint density at radius 2 is 2.37 bits per heavy atom. The molecule has 2 unspecified atom stereocenters. The van der Waals surface area contributed by atoms with Crippen molar-refractivity contribution in [2.24, 2.45) is 0 Å². The molecule has 0 aromatic rings. The van der Waals surface area contributed by atoms with Crippen LogP contribution in [0.2, 0.25) is 0 Å². The van der Waals surface area contributed by atoms with Crippen LogP contribution < -0.4 is 10.6 Å². The number of morpholine rings is 1. The summed E-state index contributed by atoms with van der Waals surface area (Å²) in [6.45, 7) is 3.45. The van der Waals surface area contributed by atoms with E-state index in [9.17, 15) is 9.59 Å². The largest absolute Gasteiger partial charge is 0.453 e. The molecule has 108 valence electrons. The maximum absolute atomic E-state index is 12.1. The van der Waals surface area contributed by atoms with E-state index >= 15 is 0 Å². The van der Waals surface area contributed by atoms with Crippen LogP contribution in [0.15, 0.2) is 0 Å². The summed E-state index contributed by atoms with van der Waals surface area (Å²) >= 11 is 0. The van der Waals surface area contributed by atoms with E-state index < -0.39 is 6.09 Å². The Labute approximate surface area is 112 Å². The summed E-state index contributed by atoms with van der Waals surface area (Å²) in [6, 6.07) is -0.0122. The van der Waals surface area contributed by atoms with Crippen molar-refractivity contribution >= 4 is 12.0 Å². The van der Waals surface area contributed by atoms with Crippen LogP contribution in [0.3, 0.4) is 0 Å². The Hall–Kier alpha value is -1.34. The molecule has 0 bridgehead atoms. The smallest absolute Gasteiger partial charge is 0.407 e. The van der Waals surface area contributed by atoms with E-state index in [-0.39, 0.29) is 18.1 Å². The van der Waals surface area contributed by atoms with Gasteiger partial charge in [0.1, 0.15) is 0 Å². The van der Waals surface area contributed by atoms with Crippen LogP contribution in [0, 0.1) is 0 Å². The van der Waals surface area contributed by atoms with Crippen molar-refractivity contribution in [3.8, 4) is 0 Å². The van der Waals surface area contributed by atoms with Crippen molar-refractivity contribution < 1.29 is 19.1 Å². The van der Waals surface area contributed by atoms with Gasteiger partial charge in [-0.25, -0.2) is 4.79 Å². The monoisotopic (exact) mass is 271 g/mol. The summed E-state index contributed by atoms with van der Waals surface area (Å²) in [7, 11) is 1.33. The lowest BCUT2D eigenvalue weighted by molar-refractivity contribution is -0.133. The summed E-state index contributed by atoms with van der Waals surface area (Å²) in [5, 5.41) is 5.92. The first-order chi connectivity index (χ1) is 9.19. The zero-order valence-electron chi connectivity index (χ0n) is 11.2. The molecule has 0 aromatic heterocycles. The lowest BCUT2D eigenvalue weighted by Gasteiger charge is -2.25.